The maximum Gasteiger partial charge on any atom is 0.267 e. The molecule has 1 N–H and O–H groups in total. The van der Waals surface area contributed by atoms with E-state index in [-0.39, 0.29) is 5.91 Å². The molecule has 2 fully saturated rings. The number of carbonyl (C=O) groups excluding carboxylic acids is 1. The highest BCUT2D eigenvalue weighted by Crippen LogP contribution is 2.31. The van der Waals surface area contributed by atoms with Crippen molar-refractivity contribution in [1.82, 2.24) is 34.5 Å². The monoisotopic (exact) mass is 462 g/mol. The van der Waals surface area contributed by atoms with Gasteiger partial charge in [-0.05, 0) is 30.4 Å². The van der Waals surface area contributed by atoms with Crippen LogP contribution in [-0.4, -0.2) is 79.8 Å². The standard InChI is InChI=1S/C23H24N7O2S/c1-32-19-5-9-33-21(19)23(31)28-7-3-16(4-8-28)29-12-17(13-29)30-11-15(10-27-30)20-18-2-6-24-22(18)26-14-25-20/h2,5-6,9-11,14,16H,3-4,7-8,12-13H2,1H3,(H,24,25,26). The highest BCUT2D eigenvalue weighted by molar-refractivity contribution is 7.12. The molecule has 2 aliphatic heterocycles. The summed E-state index contributed by atoms with van der Waals surface area (Å²) in [6.07, 6.45) is 9.36. The van der Waals surface area contributed by atoms with Gasteiger partial charge in [-0.25, -0.2) is 9.97 Å². The minimum absolute atomic E-state index is 0.0847. The van der Waals surface area contributed by atoms with Gasteiger partial charge >= 0.3 is 0 Å². The van der Waals surface area contributed by atoms with Crippen LogP contribution in [0.3, 0.4) is 0 Å². The molecule has 0 atom stereocenters. The van der Waals surface area contributed by atoms with E-state index in [4.69, 9.17) is 4.74 Å². The number of thiophene rings is 1. The summed E-state index contributed by atoms with van der Waals surface area (Å²) >= 11 is 1.45. The van der Waals surface area contributed by atoms with Crippen molar-refractivity contribution in [3.63, 3.8) is 0 Å². The number of hydrogen-bond acceptors (Lipinski definition) is 7. The van der Waals surface area contributed by atoms with E-state index >= 15 is 0 Å². The number of aromatic amines is 1. The van der Waals surface area contributed by atoms with Gasteiger partial charge in [-0.2, -0.15) is 5.10 Å². The summed E-state index contributed by atoms with van der Waals surface area (Å²) in [6, 6.07) is 5.63. The molecular formula is C23H24N7O2S. The van der Waals surface area contributed by atoms with Gasteiger partial charge in [0.15, 0.2) is 0 Å². The van der Waals surface area contributed by atoms with Gasteiger partial charge in [-0.1, -0.05) is 0 Å². The Morgan fingerprint density at radius 2 is 2.06 bits per heavy atom. The lowest BCUT2D eigenvalue weighted by molar-refractivity contribution is 0.0516. The molecular weight excluding hydrogens is 438 g/mol. The number of methoxy groups -OCH3 is 1. The Kier molecular flexibility index (Phi) is 5.11. The first kappa shape index (κ1) is 20.4. The van der Waals surface area contributed by atoms with E-state index in [0.29, 0.717) is 16.7 Å². The largest absolute Gasteiger partial charge is 0.495 e. The number of amides is 1. The van der Waals surface area contributed by atoms with Gasteiger partial charge in [-0.15, -0.1) is 11.3 Å². The molecule has 10 heteroatoms. The number of carbonyl (C=O) groups is 1. The van der Waals surface area contributed by atoms with E-state index < -0.39 is 0 Å². The second-order valence-electron chi connectivity index (χ2n) is 8.45. The maximum atomic E-state index is 12.8. The lowest BCUT2D eigenvalue weighted by Gasteiger charge is -2.46. The molecule has 4 aromatic rings. The lowest BCUT2D eigenvalue weighted by Crippen LogP contribution is -2.56. The first-order valence-electron chi connectivity index (χ1n) is 11.0. The van der Waals surface area contributed by atoms with Crippen molar-refractivity contribution in [3.05, 3.63) is 53.3 Å². The number of ether oxygens (including phenoxy) is 1. The topological polar surface area (TPSA) is 92.2 Å². The molecule has 0 aliphatic carbocycles. The minimum Gasteiger partial charge on any atom is -0.495 e. The number of H-pyrrole nitrogens is 1. The van der Waals surface area contributed by atoms with Gasteiger partial charge in [0.1, 0.15) is 28.6 Å². The van der Waals surface area contributed by atoms with Crippen LogP contribution in [-0.2, 0) is 0 Å². The summed E-state index contributed by atoms with van der Waals surface area (Å²) in [5, 5.41) is 7.49. The van der Waals surface area contributed by atoms with E-state index in [1.807, 2.05) is 39.5 Å². The van der Waals surface area contributed by atoms with Crippen molar-refractivity contribution in [1.29, 1.82) is 0 Å². The Morgan fingerprint density at radius 3 is 2.88 bits per heavy atom. The maximum absolute atomic E-state index is 12.8. The van der Waals surface area contributed by atoms with Crippen LogP contribution >= 0.6 is 11.3 Å². The summed E-state index contributed by atoms with van der Waals surface area (Å²) in [7, 11) is 1.61. The highest BCUT2D eigenvalue weighted by atomic mass is 32.1. The zero-order chi connectivity index (χ0) is 22.4. The molecule has 0 aromatic carbocycles. The SMILES string of the molecule is COc1ccsc1C(=O)N1CCC(N2C[C](n3cc(-c4ncnc5[nH]ccc45)cn3)C2)CC1. The fraction of sp³-hybridized carbons (Fsp3) is 0.348. The first-order chi connectivity index (χ1) is 16.2. The summed E-state index contributed by atoms with van der Waals surface area (Å²) in [4.78, 5) is 29.8. The molecule has 0 spiro atoms. The van der Waals surface area contributed by atoms with Gasteiger partial charge in [0.2, 0.25) is 0 Å². The molecule has 0 saturated carbocycles. The van der Waals surface area contributed by atoms with E-state index in [2.05, 4.69) is 31.1 Å². The fourth-order valence-corrected chi connectivity index (χ4v) is 5.56. The smallest absolute Gasteiger partial charge is 0.267 e. The predicted molar refractivity (Wildman–Crippen MR) is 125 cm³/mol. The van der Waals surface area contributed by atoms with E-state index in [1.165, 1.54) is 17.4 Å². The summed E-state index contributed by atoms with van der Waals surface area (Å²) in [6.45, 7) is 3.37. The van der Waals surface area contributed by atoms with Gasteiger partial charge in [0.25, 0.3) is 5.91 Å². The molecule has 2 saturated heterocycles. The average molecular weight is 463 g/mol. The van der Waals surface area contributed by atoms with Crippen LogP contribution in [0.4, 0.5) is 0 Å². The Hall–Kier alpha value is -3.24. The van der Waals surface area contributed by atoms with E-state index in [9.17, 15) is 4.79 Å². The molecule has 1 amide bonds. The highest BCUT2D eigenvalue weighted by Gasteiger charge is 2.37. The number of nitrogens with zero attached hydrogens (tertiary/aromatic N) is 6. The second kappa shape index (κ2) is 8.27. The third-order valence-corrected chi connectivity index (χ3v) is 7.50. The van der Waals surface area contributed by atoms with Crippen molar-refractivity contribution < 1.29 is 9.53 Å². The van der Waals surface area contributed by atoms with Crippen LogP contribution in [0.25, 0.3) is 22.3 Å². The number of aromatic nitrogens is 5. The Balaban J connectivity index is 1.05. The van der Waals surface area contributed by atoms with E-state index in [0.717, 1.165) is 61.3 Å². The number of fused-ring (bicyclic) bond motifs is 1. The van der Waals surface area contributed by atoms with Crippen molar-refractivity contribution in [2.75, 3.05) is 33.3 Å². The van der Waals surface area contributed by atoms with Gasteiger partial charge in [0.05, 0.1) is 19.0 Å². The van der Waals surface area contributed by atoms with Crippen molar-refractivity contribution in [2.24, 2.45) is 0 Å². The van der Waals surface area contributed by atoms with Gasteiger partial charge < -0.3 is 14.6 Å². The van der Waals surface area contributed by atoms with Crippen molar-refractivity contribution in [3.8, 4) is 17.0 Å². The van der Waals surface area contributed by atoms with Crippen LogP contribution in [0.2, 0.25) is 0 Å². The number of piperidine rings is 1. The Bertz CT molecular complexity index is 1280. The Morgan fingerprint density at radius 1 is 1.21 bits per heavy atom. The summed E-state index contributed by atoms with van der Waals surface area (Å²) in [5.74, 6) is 0.758. The average Bonchev–Trinajstić information content (AvgIpc) is 3.58. The van der Waals surface area contributed by atoms with Crippen LogP contribution in [0.15, 0.2) is 42.4 Å². The molecule has 6 rings (SSSR count). The molecule has 4 aromatic heterocycles. The number of hydrogen-bond donors (Lipinski definition) is 1. The number of rotatable bonds is 5. The number of nitrogens with one attached hydrogen (secondary N) is 1. The quantitative estimate of drug-likeness (QED) is 0.490. The van der Waals surface area contributed by atoms with Crippen molar-refractivity contribution >= 4 is 28.3 Å². The zero-order valence-corrected chi connectivity index (χ0v) is 19.1. The van der Waals surface area contributed by atoms with Crippen molar-refractivity contribution in [2.45, 2.75) is 18.9 Å². The van der Waals surface area contributed by atoms with Crippen LogP contribution < -0.4 is 4.74 Å². The zero-order valence-electron chi connectivity index (χ0n) is 18.3. The van der Waals surface area contributed by atoms with Crippen LogP contribution in [0.1, 0.15) is 22.5 Å². The molecule has 33 heavy (non-hydrogen) atoms. The predicted octanol–water partition coefficient (Wildman–Crippen LogP) is 2.89. The first-order valence-corrected chi connectivity index (χ1v) is 11.9. The Labute approximate surface area is 195 Å². The molecule has 1 radical (unpaired) electrons. The van der Waals surface area contributed by atoms with Crippen LogP contribution in [0.5, 0.6) is 5.75 Å². The molecule has 2 aliphatic rings. The number of likely N-dealkylation sites (tertiary alicyclic amines) is 2. The fourth-order valence-electron chi connectivity index (χ4n) is 4.74. The summed E-state index contributed by atoms with van der Waals surface area (Å²) in [5.41, 5.74) is 2.71. The minimum atomic E-state index is 0.0847. The third-order valence-electron chi connectivity index (χ3n) is 6.62. The van der Waals surface area contributed by atoms with E-state index in [1.54, 1.807) is 13.4 Å². The normalized spacial score (nSPS) is 18.0. The van der Waals surface area contributed by atoms with Gasteiger partial charge in [-0.3, -0.25) is 14.4 Å². The molecule has 169 valence electrons. The third kappa shape index (κ3) is 3.59. The lowest BCUT2D eigenvalue weighted by atomic mass is 9.97. The van der Waals surface area contributed by atoms with Crippen LogP contribution in [0, 0.1) is 6.04 Å². The van der Waals surface area contributed by atoms with Gasteiger partial charge in [0, 0.05) is 55.6 Å². The molecule has 0 unspecified atom stereocenters. The summed E-state index contributed by atoms with van der Waals surface area (Å²) < 4.78 is 7.30. The second-order valence-corrected chi connectivity index (χ2v) is 9.36. The molecule has 9 nitrogen and oxygen atoms in total. The molecule has 6 heterocycles. The molecule has 0 bridgehead atoms.